The highest BCUT2D eigenvalue weighted by Crippen LogP contribution is 2.31. The molecule has 1 aliphatic rings. The van der Waals surface area contributed by atoms with Crippen LogP contribution in [0.1, 0.15) is 137 Å². The van der Waals surface area contributed by atoms with Crippen LogP contribution in [-0.2, 0) is 84.6 Å². The van der Waals surface area contributed by atoms with E-state index >= 15 is 0 Å². The number of carbonyl (C=O) groups is 9. The van der Waals surface area contributed by atoms with Crippen LogP contribution >= 0.6 is 0 Å². The van der Waals surface area contributed by atoms with E-state index in [-0.39, 0.29) is 100 Å². The molecule has 0 saturated carbocycles. The number of likely N-dealkylation sites (N-methyl/N-ethyl adjacent to an activating group) is 2. The Kier molecular flexibility index (Phi) is 39.3. The Morgan fingerprint density at radius 3 is 1.84 bits per heavy atom. The molecule has 1 saturated heterocycles. The van der Waals surface area contributed by atoms with Gasteiger partial charge in [0.05, 0.1) is 108 Å². The Morgan fingerprint density at radius 1 is 0.691 bits per heavy atom. The molecule has 12 atom stereocenters. The third kappa shape index (κ3) is 28.6. The summed E-state index contributed by atoms with van der Waals surface area (Å²) in [5, 5.41) is 22.2. The number of hydrogen-bond donors (Lipinski definition) is 7. The fourth-order valence-electron chi connectivity index (χ4n) is 12.0. The van der Waals surface area contributed by atoms with Crippen molar-refractivity contribution in [2.75, 3.05) is 101 Å². The molecule has 0 aliphatic carbocycles. The third-order valence-corrected chi connectivity index (χ3v) is 17.8. The molecular formula is C70H115N9O18. The molecule has 27 nitrogen and oxygen atoms in total. The van der Waals surface area contributed by atoms with Gasteiger partial charge >= 0.3 is 12.1 Å². The smallest absolute Gasteiger partial charge is 0.410 e. The van der Waals surface area contributed by atoms with Crippen LogP contribution in [0.15, 0.2) is 54.6 Å². The number of amides is 8. The average molecular weight is 1370 g/mol. The van der Waals surface area contributed by atoms with Gasteiger partial charge in [0.15, 0.2) is 11.6 Å². The monoisotopic (exact) mass is 1370 g/mol. The largest absolute Gasteiger partial charge is 0.445 e. The molecule has 27 heteroatoms. The van der Waals surface area contributed by atoms with Gasteiger partial charge in [-0.05, 0) is 73.0 Å². The minimum Gasteiger partial charge on any atom is -0.445 e. The maximum atomic E-state index is 14.8. The van der Waals surface area contributed by atoms with Crippen LogP contribution in [0, 0.1) is 35.5 Å². The number of rotatable bonds is 48. The predicted molar refractivity (Wildman–Crippen MR) is 364 cm³/mol. The number of nitrogens with two attached hydrogens (primary N) is 2. The number of likely N-dealkylation sites (tertiary alicyclic amines) is 1. The van der Waals surface area contributed by atoms with Gasteiger partial charge in [0.1, 0.15) is 25.3 Å². The summed E-state index contributed by atoms with van der Waals surface area (Å²) < 4.78 is 39.5. The fourth-order valence-corrected chi connectivity index (χ4v) is 12.0. The predicted octanol–water partition coefficient (Wildman–Crippen LogP) is 4.81. The highest BCUT2D eigenvalue weighted by molar-refractivity contribution is 5.94. The fraction of sp³-hybridized carbons (Fsp3) is 0.700. The van der Waals surface area contributed by atoms with Gasteiger partial charge in [-0.1, -0.05) is 123 Å². The van der Waals surface area contributed by atoms with Crippen LogP contribution in [0.5, 0.6) is 0 Å². The van der Waals surface area contributed by atoms with Crippen LogP contribution < -0.4 is 32.9 Å². The summed E-state index contributed by atoms with van der Waals surface area (Å²) in [5.41, 5.74) is 7.11. The summed E-state index contributed by atoms with van der Waals surface area (Å²) in [6.07, 6.45) is -1.09. The lowest BCUT2D eigenvalue weighted by Crippen LogP contribution is -2.60. The Morgan fingerprint density at radius 2 is 1.29 bits per heavy atom. The first kappa shape index (κ1) is 84.5. The van der Waals surface area contributed by atoms with E-state index in [4.69, 9.17) is 44.8 Å². The number of primary amides is 1. The molecule has 0 bridgehead atoms. The van der Waals surface area contributed by atoms with Crippen LogP contribution in [0.25, 0.3) is 0 Å². The van der Waals surface area contributed by atoms with Crippen LogP contribution in [0.4, 0.5) is 9.59 Å². The second-order valence-corrected chi connectivity index (χ2v) is 26.1. The van der Waals surface area contributed by atoms with Crippen LogP contribution in [0.2, 0.25) is 0 Å². The lowest BCUT2D eigenvalue weighted by Gasteiger charge is -2.41. The topological polar surface area (TPSA) is 358 Å². The number of carbonyl (C=O) groups excluding carboxylic acids is 9. The molecule has 1 aliphatic heterocycles. The number of aliphatic hydroxyl groups excluding tert-OH is 1. The van der Waals surface area contributed by atoms with E-state index in [1.807, 2.05) is 59.7 Å². The summed E-state index contributed by atoms with van der Waals surface area (Å²) in [6.45, 7) is 20.9. The lowest BCUT2D eigenvalue weighted by atomic mass is 9.89. The lowest BCUT2D eigenvalue weighted by molar-refractivity contribution is -0.148. The molecule has 8 amide bonds. The molecule has 2 aromatic rings. The first-order valence-corrected chi connectivity index (χ1v) is 34.1. The number of benzene rings is 2. The third-order valence-electron chi connectivity index (χ3n) is 17.8. The molecule has 2 unspecified atom stereocenters. The van der Waals surface area contributed by atoms with Gasteiger partial charge in [0.2, 0.25) is 29.5 Å². The Labute approximate surface area is 574 Å². The van der Waals surface area contributed by atoms with E-state index in [0.717, 1.165) is 0 Å². The molecule has 0 spiro atoms. The van der Waals surface area contributed by atoms with Crippen molar-refractivity contribution in [3.8, 4) is 0 Å². The summed E-state index contributed by atoms with van der Waals surface area (Å²) in [5.74, 6) is -0.432. The normalized spacial score (nSPS) is 16.6. The van der Waals surface area contributed by atoms with Crippen molar-refractivity contribution in [2.45, 2.75) is 182 Å². The van der Waals surface area contributed by atoms with E-state index < -0.39 is 108 Å². The quantitative estimate of drug-likeness (QED) is 0.0345. The van der Waals surface area contributed by atoms with Crippen molar-refractivity contribution in [1.29, 1.82) is 0 Å². The van der Waals surface area contributed by atoms with Gasteiger partial charge < -0.3 is 79.9 Å². The zero-order valence-corrected chi connectivity index (χ0v) is 59.9. The van der Waals surface area contributed by atoms with Gasteiger partial charge in [0.25, 0.3) is 0 Å². The van der Waals surface area contributed by atoms with Gasteiger partial charge in [0, 0.05) is 60.2 Å². The Bertz CT molecular complexity index is 2710. The minimum atomic E-state index is -1.07. The van der Waals surface area contributed by atoms with E-state index in [9.17, 15) is 48.3 Å². The molecule has 97 heavy (non-hydrogen) atoms. The average Bonchev–Trinajstić information content (AvgIpc) is 1.23. The molecule has 0 radical (unpaired) electrons. The molecule has 548 valence electrons. The van der Waals surface area contributed by atoms with E-state index in [1.165, 1.54) is 26.2 Å². The summed E-state index contributed by atoms with van der Waals surface area (Å²) in [4.78, 5) is 132. The van der Waals surface area contributed by atoms with Crippen molar-refractivity contribution >= 4 is 53.2 Å². The van der Waals surface area contributed by atoms with E-state index in [1.54, 1.807) is 80.9 Å². The standard InChI is InChI=1S/C70H115N9O18/c1-15-47(8)62(58(90-13)41-59(82)79-30-20-24-56(79)64(91-14)48(9)65(84)74-49(10)63(83)52-21-17-16-18-22-52)77(11)68(87)60(45(4)5)76-67(86)61(46(6)7)78(12)70(89)96-42-51-27-25-50(26-28-51)39-57(81)55(23-19-29-73-69(71)88)75-66(85)54(44(2)3)40-53(80)43-95-36-35-93-32-31-92-33-34-94-37-38-97-72/h16-18,21-22,25-28,44-49,54-56,58,60-64,83H,15,19-20,23-24,29-43,72H2,1-14H3,(H,74,84)(H,75,85)(H,76,86)(H3,71,73,88)/t47-,48+,49+,54?,55?,56-,58+,60-,61-,62-,63+,64+/m0/s1. The first-order chi connectivity index (χ1) is 46.1. The van der Waals surface area contributed by atoms with E-state index in [0.29, 0.717) is 82.0 Å². The molecule has 2 aromatic carbocycles. The zero-order valence-electron chi connectivity index (χ0n) is 59.9. The SMILES string of the molecule is CC[C@H](C)[C@@H]([C@@H](CC(=O)N1CCC[C@H]1[C@H](OC)[C@@H](C)C(=O)N[C@H](C)[C@@H](O)c1ccccc1)OC)N(C)C(=O)[C@@H](NC(=O)[C@H](C(C)C)N(C)C(=O)OCc1ccc(CC(=O)C(CCCNC(N)=O)NC(=O)C(CC(=O)COCCOCCOCCOCCON)C(C)C)cc1)C(C)C. The van der Waals surface area contributed by atoms with E-state index in [2.05, 4.69) is 26.1 Å². The van der Waals surface area contributed by atoms with Crippen LogP contribution in [-0.4, -0.2) is 222 Å². The van der Waals surface area contributed by atoms with Crippen LogP contribution in [0.3, 0.4) is 0 Å². The molecule has 9 N–H and O–H groups in total. The minimum absolute atomic E-state index is 0.0854. The Balaban J connectivity index is 1.64. The maximum Gasteiger partial charge on any atom is 0.410 e. The highest BCUT2D eigenvalue weighted by Gasteiger charge is 2.44. The van der Waals surface area contributed by atoms with Crippen molar-refractivity contribution in [3.05, 3.63) is 71.3 Å². The number of aliphatic hydroxyl groups is 1. The Hall–Kier alpha value is -6.69. The summed E-state index contributed by atoms with van der Waals surface area (Å²) in [6, 6.07) is 10.4. The molecule has 0 aromatic heterocycles. The maximum absolute atomic E-state index is 14.8. The number of nitrogens with zero attached hydrogens (tertiary/aromatic N) is 3. The van der Waals surface area contributed by atoms with Crippen molar-refractivity contribution in [2.24, 2.45) is 47.1 Å². The van der Waals surface area contributed by atoms with Crippen molar-refractivity contribution in [3.63, 3.8) is 0 Å². The molecule has 1 fully saturated rings. The number of ether oxygens (including phenoxy) is 7. The second-order valence-electron chi connectivity index (χ2n) is 26.1. The number of methoxy groups -OCH3 is 2. The summed E-state index contributed by atoms with van der Waals surface area (Å²) >= 11 is 0. The van der Waals surface area contributed by atoms with Crippen molar-refractivity contribution < 1.29 is 86.3 Å². The zero-order chi connectivity index (χ0) is 72.3. The number of hydrogen-bond acceptors (Lipinski definition) is 19. The molecule has 3 rings (SSSR count). The number of Topliss-reactive ketones (excluding diaryl/α,β-unsaturated/α-hetero) is 2. The molecular weight excluding hydrogens is 1250 g/mol. The van der Waals surface area contributed by atoms with Crippen molar-refractivity contribution in [1.82, 2.24) is 36.0 Å². The summed E-state index contributed by atoms with van der Waals surface area (Å²) in [7, 11) is 6.11. The van der Waals surface area contributed by atoms with Gasteiger partial charge in [-0.2, -0.15) is 0 Å². The van der Waals surface area contributed by atoms with Gasteiger partial charge in [-0.15, -0.1) is 0 Å². The van der Waals surface area contributed by atoms with Gasteiger partial charge in [-0.3, -0.25) is 38.5 Å². The number of nitrogens with one attached hydrogen (secondary N) is 4. The van der Waals surface area contributed by atoms with Gasteiger partial charge in [-0.25, -0.2) is 15.5 Å². The number of ketones is 2. The number of urea groups is 1. The molecule has 1 heterocycles. The highest BCUT2D eigenvalue weighted by atomic mass is 16.6. The second kappa shape index (κ2) is 45.1. The first-order valence-electron chi connectivity index (χ1n) is 34.1.